The van der Waals surface area contributed by atoms with Crippen LogP contribution in [0.3, 0.4) is 0 Å². The van der Waals surface area contributed by atoms with Gasteiger partial charge in [0, 0.05) is 62.9 Å². The summed E-state index contributed by atoms with van der Waals surface area (Å²) >= 11 is 0. The molecule has 2 aromatic heterocycles. The van der Waals surface area contributed by atoms with Gasteiger partial charge in [0.05, 0.1) is 18.8 Å². The summed E-state index contributed by atoms with van der Waals surface area (Å²) in [4.78, 5) is 26.9. The minimum atomic E-state index is -0.465. The lowest BCUT2D eigenvalue weighted by Gasteiger charge is -2.41. The number of nitrogens with zero attached hydrogens (tertiary/aromatic N) is 6. The van der Waals surface area contributed by atoms with E-state index in [1.165, 1.54) is 6.20 Å². The summed E-state index contributed by atoms with van der Waals surface area (Å²) in [6.45, 7) is 9.44. The Bertz CT molecular complexity index is 1400. The normalized spacial score (nSPS) is 18.6. The molecule has 9 heteroatoms. The van der Waals surface area contributed by atoms with Crippen molar-refractivity contribution < 1.29 is 13.9 Å². The average molecular weight is 533 g/mol. The van der Waals surface area contributed by atoms with Crippen LogP contribution in [0.2, 0.25) is 0 Å². The van der Waals surface area contributed by atoms with Crippen molar-refractivity contribution in [3.8, 4) is 5.88 Å². The molecule has 39 heavy (non-hydrogen) atoms. The third-order valence-electron chi connectivity index (χ3n) is 7.83. The molecule has 1 saturated heterocycles. The van der Waals surface area contributed by atoms with Crippen molar-refractivity contribution in [3.63, 3.8) is 0 Å². The quantitative estimate of drug-likeness (QED) is 0.418. The van der Waals surface area contributed by atoms with Crippen LogP contribution in [-0.4, -0.2) is 80.7 Å². The third kappa shape index (κ3) is 5.65. The molecule has 5 rings (SSSR count). The van der Waals surface area contributed by atoms with E-state index in [1.54, 1.807) is 4.68 Å². The van der Waals surface area contributed by atoms with Crippen LogP contribution in [0.1, 0.15) is 54.5 Å². The molecule has 0 saturated carbocycles. The van der Waals surface area contributed by atoms with Crippen molar-refractivity contribution in [1.29, 1.82) is 0 Å². The second-order valence-corrected chi connectivity index (χ2v) is 10.7. The first-order valence-electron chi connectivity index (χ1n) is 13.7. The van der Waals surface area contributed by atoms with Crippen LogP contribution in [0.15, 0.2) is 36.7 Å². The molecule has 0 bridgehead atoms. The van der Waals surface area contributed by atoms with Crippen LogP contribution in [0.5, 0.6) is 5.88 Å². The monoisotopic (exact) mass is 532 g/mol. The highest BCUT2D eigenvalue weighted by Gasteiger charge is 2.30. The number of likely N-dealkylation sites (N-methyl/N-ethyl adjacent to an activating group) is 1. The first-order valence-corrected chi connectivity index (χ1v) is 13.7. The number of ketones is 1. The van der Waals surface area contributed by atoms with E-state index >= 15 is 4.39 Å². The Balaban J connectivity index is 1.36. The number of halogens is 1. The Labute approximate surface area is 229 Å². The van der Waals surface area contributed by atoms with Gasteiger partial charge < -0.3 is 9.64 Å². The van der Waals surface area contributed by atoms with Gasteiger partial charge in [-0.1, -0.05) is 24.3 Å². The molecule has 1 aromatic carbocycles. The number of aryl methyl sites for hydroxylation is 1. The number of hydrogen-bond donors (Lipinski definition) is 0. The third-order valence-corrected chi connectivity index (χ3v) is 7.83. The van der Waals surface area contributed by atoms with Gasteiger partial charge in [-0.2, -0.15) is 0 Å². The maximum Gasteiger partial charge on any atom is 0.236 e. The molecule has 1 aliphatic heterocycles. The first-order chi connectivity index (χ1) is 18.7. The lowest BCUT2D eigenvalue weighted by atomic mass is 9.93. The minimum Gasteiger partial charge on any atom is -0.477 e. The van der Waals surface area contributed by atoms with E-state index in [2.05, 4.69) is 38.8 Å². The average Bonchev–Trinajstić information content (AvgIpc) is 3.48. The fourth-order valence-electron chi connectivity index (χ4n) is 5.83. The van der Waals surface area contributed by atoms with Crippen LogP contribution in [-0.2, 0) is 31.1 Å². The van der Waals surface area contributed by atoms with E-state index in [-0.39, 0.29) is 17.5 Å². The number of fused-ring (bicyclic) bond motifs is 1. The van der Waals surface area contributed by atoms with Gasteiger partial charge in [-0.3, -0.25) is 14.4 Å². The molecule has 0 spiro atoms. The highest BCUT2D eigenvalue weighted by Crippen LogP contribution is 2.35. The fourth-order valence-corrected chi connectivity index (χ4v) is 5.83. The molecule has 0 N–H and O–H groups in total. The maximum atomic E-state index is 15.1. The molecular weight excluding hydrogens is 495 g/mol. The number of aromatic nitrogens is 4. The molecule has 2 atom stereocenters. The maximum absolute atomic E-state index is 15.1. The van der Waals surface area contributed by atoms with Gasteiger partial charge in [-0.15, -0.1) is 5.10 Å². The molecule has 1 fully saturated rings. The fraction of sp³-hybridized carbons (Fsp3) is 0.467. The van der Waals surface area contributed by atoms with E-state index < -0.39 is 5.82 Å². The van der Waals surface area contributed by atoms with E-state index in [0.717, 1.165) is 47.5 Å². The predicted octanol–water partition coefficient (Wildman–Crippen LogP) is 3.46. The van der Waals surface area contributed by atoms with Gasteiger partial charge >= 0.3 is 0 Å². The molecule has 3 heterocycles. The highest BCUT2D eigenvalue weighted by atomic mass is 19.1. The lowest BCUT2D eigenvalue weighted by Crippen LogP contribution is -2.55. The summed E-state index contributed by atoms with van der Waals surface area (Å²) < 4.78 is 22.4. The topological polar surface area (TPSA) is 76.4 Å². The van der Waals surface area contributed by atoms with Gasteiger partial charge in [0.2, 0.25) is 5.88 Å². The summed E-state index contributed by atoms with van der Waals surface area (Å²) in [6.07, 6.45) is 6.50. The lowest BCUT2D eigenvalue weighted by molar-refractivity contribution is -0.124. The zero-order valence-corrected chi connectivity index (χ0v) is 23.4. The van der Waals surface area contributed by atoms with Crippen LogP contribution in [0.25, 0.3) is 5.57 Å². The van der Waals surface area contributed by atoms with E-state index in [4.69, 9.17) is 4.74 Å². The van der Waals surface area contributed by atoms with E-state index in [1.807, 2.05) is 51.4 Å². The van der Waals surface area contributed by atoms with Crippen molar-refractivity contribution in [3.05, 3.63) is 76.3 Å². The number of Topliss-reactive ketones (excluding diaryl/α,β-unsaturated/α-hetero) is 1. The molecule has 0 unspecified atom stereocenters. The van der Waals surface area contributed by atoms with Gasteiger partial charge in [0.25, 0.3) is 0 Å². The van der Waals surface area contributed by atoms with Gasteiger partial charge in [0.15, 0.2) is 11.6 Å². The Morgan fingerprint density at radius 3 is 2.82 bits per heavy atom. The zero-order valence-electron chi connectivity index (χ0n) is 23.4. The predicted molar refractivity (Wildman–Crippen MR) is 148 cm³/mol. The zero-order chi connectivity index (χ0) is 27.7. The number of benzene rings is 1. The summed E-state index contributed by atoms with van der Waals surface area (Å²) in [5.41, 5.74) is 4.89. The van der Waals surface area contributed by atoms with Gasteiger partial charge in [-0.25, -0.2) is 14.4 Å². The van der Waals surface area contributed by atoms with Crippen LogP contribution < -0.4 is 4.74 Å². The molecule has 0 amide bonds. The highest BCUT2D eigenvalue weighted by molar-refractivity contribution is 5.88. The largest absolute Gasteiger partial charge is 0.477 e. The summed E-state index contributed by atoms with van der Waals surface area (Å²) in [6, 6.07) is 6.16. The number of piperazine rings is 1. The SMILES string of the molecule is CCOc1nn(C)cc1Cc1ncc(F)c(C2=CCc3c(CC(=O)[C@@H](C)N4CCN(C)C[C@@H]4C)cccc32)n1. The molecule has 1 aliphatic carbocycles. The van der Waals surface area contributed by atoms with Gasteiger partial charge in [0.1, 0.15) is 11.5 Å². The van der Waals surface area contributed by atoms with Crippen LogP contribution in [0, 0.1) is 5.82 Å². The van der Waals surface area contributed by atoms with E-state index in [9.17, 15) is 4.79 Å². The van der Waals surface area contributed by atoms with Gasteiger partial charge in [-0.05, 0) is 50.9 Å². The standard InChI is InChI=1S/C30H37FN6O2/c1-6-39-30-22(18-36(5)34-30)15-28-32-16-26(31)29(33-28)25-11-10-23-21(8-7-9-24(23)25)14-27(38)20(3)37-13-12-35(4)17-19(37)2/h7-9,11,16,18-20H,6,10,12-15,17H2,1-5H3/t19-,20+/m0/s1. The Hall–Kier alpha value is -3.43. The summed E-state index contributed by atoms with van der Waals surface area (Å²) in [5.74, 6) is 0.782. The molecule has 3 aromatic rings. The Kier molecular flexibility index (Phi) is 7.91. The van der Waals surface area contributed by atoms with Crippen molar-refractivity contribution in [1.82, 2.24) is 29.5 Å². The number of hydrogen-bond acceptors (Lipinski definition) is 7. The first kappa shape index (κ1) is 27.1. The number of ether oxygens (including phenoxy) is 1. The second-order valence-electron chi connectivity index (χ2n) is 10.7. The molecule has 8 nitrogen and oxygen atoms in total. The molecule has 2 aliphatic rings. The van der Waals surface area contributed by atoms with Crippen molar-refractivity contribution in [2.45, 2.75) is 52.1 Å². The number of rotatable bonds is 9. The smallest absolute Gasteiger partial charge is 0.236 e. The van der Waals surface area contributed by atoms with Crippen LogP contribution >= 0.6 is 0 Å². The van der Waals surface area contributed by atoms with Crippen molar-refractivity contribution in [2.24, 2.45) is 7.05 Å². The minimum absolute atomic E-state index is 0.144. The Morgan fingerprint density at radius 1 is 1.23 bits per heavy atom. The molecule has 206 valence electrons. The second kappa shape index (κ2) is 11.4. The molecule has 0 radical (unpaired) electrons. The number of carbonyl (C=O) groups excluding carboxylic acids is 1. The van der Waals surface area contributed by atoms with E-state index in [0.29, 0.717) is 43.6 Å². The Morgan fingerprint density at radius 2 is 2.05 bits per heavy atom. The van der Waals surface area contributed by atoms with Crippen LogP contribution in [0.4, 0.5) is 4.39 Å². The van der Waals surface area contributed by atoms with Crippen molar-refractivity contribution in [2.75, 3.05) is 33.3 Å². The number of allylic oxidation sites excluding steroid dienone is 1. The summed E-state index contributed by atoms with van der Waals surface area (Å²) in [5, 5.41) is 4.35. The molecular formula is C30H37FN6O2. The summed E-state index contributed by atoms with van der Waals surface area (Å²) in [7, 11) is 3.96. The van der Waals surface area contributed by atoms with Crippen molar-refractivity contribution >= 4 is 11.4 Å². The number of carbonyl (C=O) groups is 1.